The van der Waals surface area contributed by atoms with E-state index >= 15 is 0 Å². The molecule has 10 nitrogen and oxygen atoms in total. The molecule has 0 amide bonds. The van der Waals surface area contributed by atoms with E-state index in [0.717, 1.165) is 21.5 Å². The van der Waals surface area contributed by atoms with Gasteiger partial charge in [0, 0.05) is 38.1 Å². The van der Waals surface area contributed by atoms with Crippen molar-refractivity contribution in [3.8, 4) is 41.0 Å². The SMILES string of the molecule is [C-]#[N+]c1ccc2c3ccc(C#N)cc3n(-c3cc(-c4nc(C)nc(C)n4)c(-n4c5cc(C#N)ccc5c5ccc([N+]#[C-])cc54)cc3C#N)c2c1. The maximum absolute atomic E-state index is 10.8. The van der Waals surface area contributed by atoms with Crippen molar-refractivity contribution in [3.63, 3.8) is 0 Å². The molecule has 10 heteroatoms. The molecule has 50 heavy (non-hydrogen) atoms. The van der Waals surface area contributed by atoms with Crippen LogP contribution in [0.15, 0.2) is 84.9 Å². The van der Waals surface area contributed by atoms with Gasteiger partial charge in [0.05, 0.1) is 64.4 Å². The minimum Gasteiger partial charge on any atom is -0.310 e. The number of benzene rings is 5. The predicted octanol–water partition coefficient (Wildman–Crippen LogP) is 9.07. The zero-order chi connectivity index (χ0) is 34.7. The van der Waals surface area contributed by atoms with Crippen molar-refractivity contribution >= 4 is 55.0 Å². The summed E-state index contributed by atoms with van der Waals surface area (Å²) in [5.74, 6) is 1.38. The van der Waals surface area contributed by atoms with Crippen molar-refractivity contribution in [3.05, 3.63) is 136 Å². The fraction of sp³-hybridized carbons (Fsp3) is 0.0500. The molecule has 0 radical (unpaired) electrons. The van der Waals surface area contributed by atoms with E-state index in [9.17, 15) is 15.8 Å². The maximum Gasteiger partial charge on any atom is 0.189 e. The van der Waals surface area contributed by atoms with Crippen molar-refractivity contribution in [2.45, 2.75) is 13.8 Å². The highest BCUT2D eigenvalue weighted by Gasteiger charge is 2.24. The molecule has 0 fully saturated rings. The van der Waals surface area contributed by atoms with Gasteiger partial charge in [-0.1, -0.05) is 36.4 Å². The third-order valence-corrected chi connectivity index (χ3v) is 8.83. The van der Waals surface area contributed by atoms with Gasteiger partial charge in [-0.3, -0.25) is 0 Å². The largest absolute Gasteiger partial charge is 0.310 e. The lowest BCUT2D eigenvalue weighted by atomic mass is 10.0. The first-order chi connectivity index (χ1) is 24.3. The van der Waals surface area contributed by atoms with Crippen LogP contribution in [0.1, 0.15) is 28.3 Å². The molecule has 0 atom stereocenters. The van der Waals surface area contributed by atoms with Gasteiger partial charge in [0.2, 0.25) is 0 Å². The first-order valence-corrected chi connectivity index (χ1v) is 15.4. The zero-order valence-electron chi connectivity index (χ0n) is 26.6. The van der Waals surface area contributed by atoms with E-state index in [1.807, 2.05) is 39.5 Å². The second-order valence-electron chi connectivity index (χ2n) is 11.7. The third-order valence-electron chi connectivity index (χ3n) is 8.83. The summed E-state index contributed by atoms with van der Waals surface area (Å²) in [5, 5.41) is 34.0. The van der Waals surface area contributed by atoms with Crippen LogP contribution in [0.2, 0.25) is 0 Å². The molecule has 3 aromatic heterocycles. The molecular formula is C40H20N10. The summed E-state index contributed by atoms with van der Waals surface area (Å²) < 4.78 is 3.86. The molecule has 230 valence electrons. The average molecular weight is 641 g/mol. The molecule has 0 aliphatic heterocycles. The van der Waals surface area contributed by atoms with Crippen molar-refractivity contribution in [1.29, 1.82) is 15.8 Å². The van der Waals surface area contributed by atoms with E-state index in [1.165, 1.54) is 0 Å². The van der Waals surface area contributed by atoms with E-state index in [0.29, 0.717) is 84.5 Å². The first-order valence-electron chi connectivity index (χ1n) is 15.4. The zero-order valence-corrected chi connectivity index (χ0v) is 26.6. The molecule has 0 spiro atoms. The molecule has 8 rings (SSSR count). The van der Waals surface area contributed by atoms with Crippen molar-refractivity contribution < 1.29 is 0 Å². The van der Waals surface area contributed by atoms with Crippen LogP contribution in [0.3, 0.4) is 0 Å². The Kier molecular flexibility index (Phi) is 6.59. The highest BCUT2D eigenvalue weighted by Crippen LogP contribution is 2.41. The van der Waals surface area contributed by atoms with Gasteiger partial charge in [-0.05, 0) is 62.4 Å². The van der Waals surface area contributed by atoms with E-state index in [2.05, 4.69) is 32.9 Å². The van der Waals surface area contributed by atoms with Gasteiger partial charge < -0.3 is 9.13 Å². The summed E-state index contributed by atoms with van der Waals surface area (Å²) >= 11 is 0. The molecule has 3 heterocycles. The van der Waals surface area contributed by atoms with Gasteiger partial charge in [0.1, 0.15) is 17.7 Å². The molecule has 8 aromatic rings. The molecule has 5 aromatic carbocycles. The Hall–Kier alpha value is -7.84. The number of hydrogen-bond donors (Lipinski definition) is 0. The standard InChI is InChI=1S/C40H20N10/c1-22-46-23(2)48-40(47-22)33-18-34(49-35-13-24(19-41)5-9-29(35)31-11-7-27(44-3)16-38(31)49)26(21-43)15-37(33)50-36-14-25(20-42)6-10-30(36)32-12-8-28(45-4)17-39(32)50/h5-18H,1-2H3. The molecule has 0 aliphatic carbocycles. The Morgan fingerprint density at radius 1 is 0.540 bits per heavy atom. The van der Waals surface area contributed by atoms with E-state index in [4.69, 9.17) is 23.1 Å². The lowest BCUT2D eigenvalue weighted by Gasteiger charge is -2.18. The Bertz CT molecular complexity index is 2850. The van der Waals surface area contributed by atoms with Crippen LogP contribution in [0.4, 0.5) is 11.4 Å². The van der Waals surface area contributed by atoms with Gasteiger partial charge in [-0.2, -0.15) is 15.8 Å². The number of rotatable bonds is 3. The highest BCUT2D eigenvalue weighted by molar-refractivity contribution is 6.12. The number of aryl methyl sites for hydroxylation is 2. The van der Waals surface area contributed by atoms with Crippen LogP contribution in [0, 0.1) is 61.0 Å². The minimum absolute atomic E-state index is 0.299. The summed E-state index contributed by atoms with van der Waals surface area (Å²) in [6, 6.07) is 32.2. The molecule has 0 saturated carbocycles. The molecule has 0 bridgehead atoms. The summed E-state index contributed by atoms with van der Waals surface area (Å²) in [5.41, 5.74) is 6.48. The number of fused-ring (bicyclic) bond motifs is 6. The Morgan fingerprint density at radius 2 is 1.00 bits per heavy atom. The second-order valence-corrected chi connectivity index (χ2v) is 11.7. The van der Waals surface area contributed by atoms with Gasteiger partial charge in [0.15, 0.2) is 17.2 Å². The van der Waals surface area contributed by atoms with Crippen LogP contribution < -0.4 is 0 Å². The van der Waals surface area contributed by atoms with Crippen LogP contribution in [-0.4, -0.2) is 24.1 Å². The molecule has 0 aliphatic rings. The smallest absolute Gasteiger partial charge is 0.189 e. The Morgan fingerprint density at radius 3 is 1.46 bits per heavy atom. The van der Waals surface area contributed by atoms with Gasteiger partial charge in [-0.25, -0.2) is 24.6 Å². The normalized spacial score (nSPS) is 10.9. The van der Waals surface area contributed by atoms with Crippen LogP contribution >= 0.6 is 0 Å². The quantitative estimate of drug-likeness (QED) is 0.177. The third kappa shape index (κ3) is 4.41. The van der Waals surface area contributed by atoms with Crippen LogP contribution in [0.25, 0.3) is 76.1 Å². The number of nitriles is 3. The molecule has 0 saturated heterocycles. The summed E-state index contributed by atoms with van der Waals surface area (Å²) in [6.45, 7) is 19.0. The second kappa shape index (κ2) is 11.2. The monoisotopic (exact) mass is 640 g/mol. The van der Waals surface area contributed by atoms with Gasteiger partial charge in [0.25, 0.3) is 0 Å². The van der Waals surface area contributed by atoms with Gasteiger partial charge >= 0.3 is 0 Å². The average Bonchev–Trinajstić information content (AvgIpc) is 3.64. The summed E-state index contributed by atoms with van der Waals surface area (Å²) in [6.07, 6.45) is 0. The Labute approximate surface area is 285 Å². The number of aromatic nitrogens is 5. The van der Waals surface area contributed by atoms with Gasteiger partial charge in [-0.15, -0.1) is 0 Å². The summed E-state index contributed by atoms with van der Waals surface area (Å²) in [7, 11) is 0. The lowest BCUT2D eigenvalue weighted by molar-refractivity contribution is 0.926. The lowest BCUT2D eigenvalue weighted by Crippen LogP contribution is -2.07. The van der Waals surface area contributed by atoms with Crippen molar-refractivity contribution in [2.24, 2.45) is 0 Å². The van der Waals surface area contributed by atoms with Crippen molar-refractivity contribution in [2.75, 3.05) is 0 Å². The van der Waals surface area contributed by atoms with Crippen LogP contribution in [-0.2, 0) is 0 Å². The molecule has 0 N–H and O–H groups in total. The summed E-state index contributed by atoms with van der Waals surface area (Å²) in [4.78, 5) is 21.3. The van der Waals surface area contributed by atoms with E-state index in [-0.39, 0.29) is 0 Å². The molecule has 0 unspecified atom stereocenters. The first kappa shape index (κ1) is 29.6. The van der Waals surface area contributed by atoms with Crippen LogP contribution in [0.5, 0.6) is 0 Å². The number of hydrogen-bond acceptors (Lipinski definition) is 6. The fourth-order valence-corrected chi connectivity index (χ4v) is 6.76. The molecular weight excluding hydrogens is 621 g/mol. The fourth-order valence-electron chi connectivity index (χ4n) is 6.76. The predicted molar refractivity (Wildman–Crippen MR) is 190 cm³/mol. The van der Waals surface area contributed by atoms with E-state index in [1.54, 1.807) is 68.4 Å². The Balaban J connectivity index is 1.58. The topological polar surface area (TPSA) is 129 Å². The van der Waals surface area contributed by atoms with Crippen molar-refractivity contribution in [1.82, 2.24) is 24.1 Å². The van der Waals surface area contributed by atoms with E-state index < -0.39 is 0 Å². The maximum atomic E-state index is 10.8. The minimum atomic E-state index is 0.299. The highest BCUT2D eigenvalue weighted by atomic mass is 15.1. The number of nitrogens with zero attached hydrogens (tertiary/aromatic N) is 10.